The minimum Gasteiger partial charge on any atom is -0.351 e. The fourth-order valence-corrected chi connectivity index (χ4v) is 1.86. The van der Waals surface area contributed by atoms with Gasteiger partial charge >= 0.3 is 0 Å². The number of hydrogen-bond donors (Lipinski definition) is 2. The molecule has 0 aliphatic carbocycles. The highest BCUT2D eigenvalue weighted by Gasteiger charge is 2.10. The summed E-state index contributed by atoms with van der Waals surface area (Å²) in [4.78, 5) is 23.3. The summed E-state index contributed by atoms with van der Waals surface area (Å²) in [5.41, 5.74) is 0.293. The van der Waals surface area contributed by atoms with E-state index in [4.69, 9.17) is 0 Å². The van der Waals surface area contributed by atoms with Crippen molar-refractivity contribution in [2.75, 3.05) is 6.54 Å². The lowest BCUT2D eigenvalue weighted by atomic mass is 10.1. The molecule has 1 heterocycles. The molecule has 0 aliphatic rings. The van der Waals surface area contributed by atoms with Gasteiger partial charge in [0.05, 0.1) is 17.5 Å². The summed E-state index contributed by atoms with van der Waals surface area (Å²) >= 11 is 3.17. The fraction of sp³-hybridized carbons (Fsp3) is 0.154. The molecule has 0 saturated heterocycles. The third kappa shape index (κ3) is 3.29. The van der Waals surface area contributed by atoms with Gasteiger partial charge in [-0.25, -0.2) is 5.10 Å². The molecule has 1 aromatic carbocycles. The summed E-state index contributed by atoms with van der Waals surface area (Å²) < 4.78 is 0.695. The van der Waals surface area contributed by atoms with Crippen molar-refractivity contribution < 1.29 is 4.79 Å². The van der Waals surface area contributed by atoms with Crippen molar-refractivity contribution in [1.29, 1.82) is 0 Å². The molecule has 19 heavy (non-hydrogen) atoms. The number of benzene rings is 1. The third-order valence-corrected chi connectivity index (χ3v) is 2.86. The second-order valence-corrected chi connectivity index (χ2v) is 5.14. The normalized spacial score (nSPS) is 10.4. The molecule has 98 valence electrons. The molecule has 0 aliphatic heterocycles. The molecular weight excluding hydrogens is 310 g/mol. The van der Waals surface area contributed by atoms with Crippen molar-refractivity contribution in [2.24, 2.45) is 0 Å². The summed E-state index contributed by atoms with van der Waals surface area (Å²) in [6.07, 6.45) is 0.109. The Bertz CT molecular complexity index is 694. The Kier molecular flexibility index (Phi) is 4.11. The van der Waals surface area contributed by atoms with Crippen molar-refractivity contribution in [2.45, 2.75) is 6.42 Å². The van der Waals surface area contributed by atoms with Crippen LogP contribution in [-0.2, 0) is 11.2 Å². The average molecular weight is 322 g/mol. The SMILES string of the molecule is C=C(Br)CNC(=O)Cc1n[nH]c(=O)c2ccccc12. The first-order valence-electron chi connectivity index (χ1n) is 5.64. The van der Waals surface area contributed by atoms with Gasteiger partial charge in [-0.05, 0) is 6.07 Å². The zero-order valence-corrected chi connectivity index (χ0v) is 11.7. The zero-order valence-electron chi connectivity index (χ0n) is 10.1. The van der Waals surface area contributed by atoms with Crippen LogP contribution in [0.15, 0.2) is 40.1 Å². The second-order valence-electron chi connectivity index (χ2n) is 4.02. The lowest BCUT2D eigenvalue weighted by Gasteiger charge is -2.05. The van der Waals surface area contributed by atoms with Crippen LogP contribution in [0.3, 0.4) is 0 Å². The van der Waals surface area contributed by atoms with Crippen LogP contribution >= 0.6 is 15.9 Å². The van der Waals surface area contributed by atoms with Crippen molar-refractivity contribution in [3.63, 3.8) is 0 Å². The monoisotopic (exact) mass is 321 g/mol. The molecule has 2 N–H and O–H groups in total. The first kappa shape index (κ1) is 13.5. The summed E-state index contributed by atoms with van der Waals surface area (Å²) in [7, 11) is 0. The van der Waals surface area contributed by atoms with Crippen LogP contribution in [0, 0.1) is 0 Å². The highest BCUT2D eigenvalue weighted by molar-refractivity contribution is 9.11. The number of nitrogens with one attached hydrogen (secondary N) is 2. The van der Waals surface area contributed by atoms with Gasteiger partial charge in [-0.2, -0.15) is 5.10 Å². The number of nitrogens with zero attached hydrogens (tertiary/aromatic N) is 1. The number of aromatic amines is 1. The Morgan fingerprint density at radius 3 is 2.74 bits per heavy atom. The lowest BCUT2D eigenvalue weighted by molar-refractivity contribution is -0.120. The number of aromatic nitrogens is 2. The van der Waals surface area contributed by atoms with Gasteiger partial charge in [0.15, 0.2) is 0 Å². The van der Waals surface area contributed by atoms with Gasteiger partial charge in [0, 0.05) is 16.4 Å². The topological polar surface area (TPSA) is 74.8 Å². The van der Waals surface area contributed by atoms with Gasteiger partial charge in [0.2, 0.25) is 5.91 Å². The van der Waals surface area contributed by atoms with E-state index in [0.29, 0.717) is 27.5 Å². The first-order chi connectivity index (χ1) is 9.08. The van der Waals surface area contributed by atoms with Crippen LogP contribution in [-0.4, -0.2) is 22.6 Å². The first-order valence-corrected chi connectivity index (χ1v) is 6.43. The van der Waals surface area contributed by atoms with Gasteiger partial charge in [0.25, 0.3) is 5.56 Å². The molecule has 0 bridgehead atoms. The number of amides is 1. The third-order valence-electron chi connectivity index (χ3n) is 2.58. The summed E-state index contributed by atoms with van der Waals surface area (Å²) in [5.74, 6) is -0.176. The van der Waals surface area contributed by atoms with E-state index in [2.05, 4.69) is 38.0 Å². The Hall–Kier alpha value is -1.95. The highest BCUT2D eigenvalue weighted by Crippen LogP contribution is 2.12. The van der Waals surface area contributed by atoms with E-state index in [1.807, 2.05) is 6.07 Å². The quantitative estimate of drug-likeness (QED) is 0.895. The number of halogens is 1. The van der Waals surface area contributed by atoms with E-state index in [9.17, 15) is 9.59 Å². The molecule has 5 nitrogen and oxygen atoms in total. The van der Waals surface area contributed by atoms with Crippen LogP contribution in [0.5, 0.6) is 0 Å². The van der Waals surface area contributed by atoms with Crippen LogP contribution in [0.4, 0.5) is 0 Å². The van der Waals surface area contributed by atoms with E-state index in [0.717, 1.165) is 0 Å². The maximum atomic E-state index is 11.7. The minimum atomic E-state index is -0.256. The molecule has 6 heteroatoms. The molecular formula is C13H12BrN3O2. The molecule has 1 amide bonds. The Balaban J connectivity index is 2.26. The molecule has 1 aromatic heterocycles. The number of hydrogen-bond acceptors (Lipinski definition) is 3. The van der Waals surface area contributed by atoms with Gasteiger partial charge in [-0.1, -0.05) is 40.7 Å². The maximum Gasteiger partial charge on any atom is 0.272 e. The predicted molar refractivity (Wildman–Crippen MR) is 77.1 cm³/mol. The lowest BCUT2D eigenvalue weighted by Crippen LogP contribution is -2.27. The van der Waals surface area contributed by atoms with Crippen LogP contribution < -0.4 is 10.9 Å². The number of carbonyl (C=O) groups is 1. The van der Waals surface area contributed by atoms with Gasteiger partial charge < -0.3 is 5.32 Å². The predicted octanol–water partition coefficient (Wildman–Crippen LogP) is 1.49. The van der Waals surface area contributed by atoms with Crippen molar-refractivity contribution in [3.8, 4) is 0 Å². The second kappa shape index (κ2) is 5.79. The summed E-state index contributed by atoms with van der Waals surface area (Å²) in [5, 5.41) is 10.3. The van der Waals surface area contributed by atoms with E-state index < -0.39 is 0 Å². The molecule has 0 radical (unpaired) electrons. The highest BCUT2D eigenvalue weighted by atomic mass is 79.9. The van der Waals surface area contributed by atoms with Gasteiger partial charge in [0.1, 0.15) is 0 Å². The Labute approximate surface area is 117 Å². The van der Waals surface area contributed by atoms with Gasteiger partial charge in [-0.3, -0.25) is 9.59 Å². The average Bonchev–Trinajstić information content (AvgIpc) is 2.40. The van der Waals surface area contributed by atoms with Gasteiger partial charge in [-0.15, -0.1) is 0 Å². The molecule has 0 atom stereocenters. The van der Waals surface area contributed by atoms with Crippen LogP contribution in [0.2, 0.25) is 0 Å². The summed E-state index contributed by atoms with van der Waals surface area (Å²) in [6, 6.07) is 7.07. The number of H-pyrrole nitrogens is 1. The van der Waals surface area contributed by atoms with E-state index in [1.165, 1.54) is 0 Å². The smallest absolute Gasteiger partial charge is 0.272 e. The minimum absolute atomic E-state index is 0.109. The van der Waals surface area contributed by atoms with Crippen LogP contribution in [0.25, 0.3) is 10.8 Å². The van der Waals surface area contributed by atoms with Crippen LogP contribution in [0.1, 0.15) is 5.69 Å². The molecule has 0 unspecified atom stereocenters. The van der Waals surface area contributed by atoms with E-state index in [1.54, 1.807) is 18.2 Å². The number of fused-ring (bicyclic) bond motifs is 1. The molecule has 0 saturated carbocycles. The summed E-state index contributed by atoms with van der Waals surface area (Å²) in [6.45, 7) is 4.00. The van der Waals surface area contributed by atoms with Crippen molar-refractivity contribution in [1.82, 2.24) is 15.5 Å². The van der Waals surface area contributed by atoms with E-state index >= 15 is 0 Å². The molecule has 2 rings (SSSR count). The van der Waals surface area contributed by atoms with Crippen molar-refractivity contribution in [3.05, 3.63) is 51.4 Å². The molecule has 0 fully saturated rings. The molecule has 2 aromatic rings. The van der Waals surface area contributed by atoms with E-state index in [-0.39, 0.29) is 17.9 Å². The number of rotatable bonds is 4. The maximum absolute atomic E-state index is 11.7. The zero-order chi connectivity index (χ0) is 13.8. The number of carbonyl (C=O) groups excluding carboxylic acids is 1. The Morgan fingerprint density at radius 1 is 1.37 bits per heavy atom. The standard InChI is InChI=1S/C13H12BrN3O2/c1-8(14)7-15-12(18)6-11-9-4-2-3-5-10(9)13(19)17-16-11/h2-5H,1,6-7H2,(H,15,18)(H,17,19). The van der Waals surface area contributed by atoms with Crippen molar-refractivity contribution >= 4 is 32.6 Å². The Morgan fingerprint density at radius 2 is 2.05 bits per heavy atom. The largest absolute Gasteiger partial charge is 0.351 e. The molecule has 0 spiro atoms. The fourth-order valence-electron chi connectivity index (χ4n) is 1.72.